The van der Waals surface area contributed by atoms with Crippen LogP contribution >= 0.6 is 0 Å². The van der Waals surface area contributed by atoms with Gasteiger partial charge < -0.3 is 10.1 Å². The number of amides is 1. The average Bonchev–Trinajstić information content (AvgIpc) is 2.64. The molecule has 0 saturated carbocycles. The van der Waals surface area contributed by atoms with Crippen molar-refractivity contribution in [1.82, 2.24) is 4.31 Å². The van der Waals surface area contributed by atoms with Crippen molar-refractivity contribution in [2.24, 2.45) is 0 Å². The second kappa shape index (κ2) is 8.53. The lowest BCUT2D eigenvalue weighted by atomic mass is 10.1. The number of rotatable bonds is 6. The van der Waals surface area contributed by atoms with Crippen LogP contribution in [0.5, 0.6) is 0 Å². The van der Waals surface area contributed by atoms with E-state index in [0.717, 1.165) is 15.4 Å². The van der Waals surface area contributed by atoms with E-state index in [0.29, 0.717) is 5.69 Å². The van der Waals surface area contributed by atoms with Gasteiger partial charge >= 0.3 is 5.97 Å². The Hall–Kier alpha value is -2.71. The fourth-order valence-corrected chi connectivity index (χ4v) is 3.26. The largest absolute Gasteiger partial charge is 0.449 e. The van der Waals surface area contributed by atoms with Gasteiger partial charge in [0.15, 0.2) is 6.10 Å². The average molecular weight is 404 g/mol. The molecule has 0 bridgehead atoms. The molecular formula is C20H24N2O5S. The number of aryl methyl sites for hydroxylation is 2. The maximum Gasteiger partial charge on any atom is 0.338 e. The van der Waals surface area contributed by atoms with Gasteiger partial charge in [0.05, 0.1) is 10.5 Å². The molecule has 0 radical (unpaired) electrons. The number of ether oxygens (including phenoxy) is 1. The summed E-state index contributed by atoms with van der Waals surface area (Å²) in [5.74, 6) is -1.16. The Morgan fingerprint density at radius 1 is 1.04 bits per heavy atom. The predicted molar refractivity (Wildman–Crippen MR) is 107 cm³/mol. The van der Waals surface area contributed by atoms with Crippen LogP contribution in [0.4, 0.5) is 5.69 Å². The van der Waals surface area contributed by atoms with Gasteiger partial charge in [-0.3, -0.25) is 4.79 Å². The Morgan fingerprint density at radius 2 is 1.64 bits per heavy atom. The van der Waals surface area contributed by atoms with Crippen LogP contribution in [0.15, 0.2) is 47.4 Å². The third-order valence-corrected chi connectivity index (χ3v) is 6.00. The molecule has 0 spiro atoms. The Kier molecular flexibility index (Phi) is 6.58. The molecule has 2 aromatic rings. The van der Waals surface area contributed by atoms with Crippen LogP contribution in [0.25, 0.3) is 0 Å². The number of hydrogen-bond acceptors (Lipinski definition) is 5. The van der Waals surface area contributed by atoms with Crippen LogP contribution in [0, 0.1) is 13.8 Å². The number of carbonyl (C=O) groups is 2. The molecule has 1 atom stereocenters. The van der Waals surface area contributed by atoms with Gasteiger partial charge in [-0.1, -0.05) is 12.1 Å². The Labute approximate surface area is 165 Å². The molecule has 0 heterocycles. The normalized spacial score (nSPS) is 12.5. The van der Waals surface area contributed by atoms with Crippen molar-refractivity contribution in [2.75, 3.05) is 19.4 Å². The van der Waals surface area contributed by atoms with E-state index in [1.165, 1.54) is 45.3 Å². The number of esters is 1. The number of benzene rings is 2. The number of hydrogen-bond donors (Lipinski definition) is 1. The van der Waals surface area contributed by atoms with E-state index in [-0.39, 0.29) is 10.5 Å². The summed E-state index contributed by atoms with van der Waals surface area (Å²) in [6.45, 7) is 5.26. The molecule has 150 valence electrons. The van der Waals surface area contributed by atoms with Crippen LogP contribution < -0.4 is 5.32 Å². The fourth-order valence-electron chi connectivity index (χ4n) is 2.36. The zero-order valence-electron chi connectivity index (χ0n) is 16.5. The minimum atomic E-state index is -3.58. The smallest absolute Gasteiger partial charge is 0.338 e. The SMILES string of the molecule is Cc1ccc(C)c(NC(=O)C(C)OC(=O)c2ccc(S(=O)(=O)N(C)C)cc2)c1. The van der Waals surface area contributed by atoms with Gasteiger partial charge in [-0.2, -0.15) is 0 Å². The van der Waals surface area contributed by atoms with Crippen LogP contribution in [0.1, 0.15) is 28.4 Å². The van der Waals surface area contributed by atoms with E-state index in [1.54, 1.807) is 0 Å². The van der Waals surface area contributed by atoms with Crippen LogP contribution in [-0.4, -0.2) is 44.8 Å². The quantitative estimate of drug-likeness (QED) is 0.748. The molecule has 2 aromatic carbocycles. The van der Waals surface area contributed by atoms with Gasteiger partial charge in [0, 0.05) is 19.8 Å². The second-order valence-electron chi connectivity index (χ2n) is 6.67. The molecule has 28 heavy (non-hydrogen) atoms. The van der Waals surface area contributed by atoms with Crippen LogP contribution in [0.2, 0.25) is 0 Å². The van der Waals surface area contributed by atoms with Gasteiger partial charge in [0.1, 0.15) is 0 Å². The Balaban J connectivity index is 2.05. The summed E-state index contributed by atoms with van der Waals surface area (Å²) in [6, 6.07) is 11.0. The molecule has 2 rings (SSSR count). The summed E-state index contributed by atoms with van der Waals surface area (Å²) in [5.41, 5.74) is 2.71. The molecule has 0 saturated heterocycles. The van der Waals surface area contributed by atoms with E-state index in [9.17, 15) is 18.0 Å². The van der Waals surface area contributed by atoms with E-state index in [1.807, 2.05) is 32.0 Å². The topological polar surface area (TPSA) is 92.8 Å². The molecule has 0 aliphatic heterocycles. The Bertz CT molecular complexity index is 982. The van der Waals surface area contributed by atoms with Gasteiger partial charge in [-0.05, 0) is 62.2 Å². The molecular weight excluding hydrogens is 380 g/mol. The molecule has 0 aliphatic carbocycles. The first kappa shape index (κ1) is 21.6. The maximum atomic E-state index is 12.3. The van der Waals surface area contributed by atoms with Crippen molar-refractivity contribution < 1.29 is 22.7 Å². The molecule has 8 heteroatoms. The highest BCUT2D eigenvalue weighted by Crippen LogP contribution is 2.18. The summed E-state index contributed by atoms with van der Waals surface area (Å²) >= 11 is 0. The highest BCUT2D eigenvalue weighted by molar-refractivity contribution is 7.89. The molecule has 1 amide bonds. The predicted octanol–water partition coefficient (Wildman–Crippen LogP) is 2.74. The van der Waals surface area contributed by atoms with E-state index >= 15 is 0 Å². The number of nitrogens with zero attached hydrogens (tertiary/aromatic N) is 1. The molecule has 1 unspecified atom stereocenters. The third-order valence-electron chi connectivity index (χ3n) is 4.17. The monoisotopic (exact) mass is 404 g/mol. The molecule has 1 N–H and O–H groups in total. The third kappa shape index (κ3) is 4.96. The molecule has 0 aromatic heterocycles. The van der Waals surface area contributed by atoms with Gasteiger partial charge in [-0.25, -0.2) is 17.5 Å². The van der Waals surface area contributed by atoms with E-state index in [4.69, 9.17) is 4.74 Å². The van der Waals surface area contributed by atoms with Crippen molar-refractivity contribution in [1.29, 1.82) is 0 Å². The van der Waals surface area contributed by atoms with Crippen molar-refractivity contribution in [3.63, 3.8) is 0 Å². The molecule has 7 nitrogen and oxygen atoms in total. The van der Waals surface area contributed by atoms with E-state index < -0.39 is 28.0 Å². The van der Waals surface area contributed by atoms with Gasteiger partial charge in [0.2, 0.25) is 10.0 Å². The molecule has 0 fully saturated rings. The van der Waals surface area contributed by atoms with Gasteiger partial charge in [-0.15, -0.1) is 0 Å². The second-order valence-corrected chi connectivity index (χ2v) is 8.82. The maximum absolute atomic E-state index is 12.3. The molecule has 0 aliphatic rings. The number of anilines is 1. The van der Waals surface area contributed by atoms with Crippen molar-refractivity contribution in [2.45, 2.75) is 31.8 Å². The number of nitrogens with one attached hydrogen (secondary N) is 1. The lowest BCUT2D eigenvalue weighted by Gasteiger charge is -2.15. The zero-order chi connectivity index (χ0) is 21.1. The summed E-state index contributed by atoms with van der Waals surface area (Å²) in [7, 11) is -0.732. The van der Waals surface area contributed by atoms with Crippen LogP contribution in [-0.2, 0) is 19.6 Å². The summed E-state index contributed by atoms with van der Waals surface area (Å²) < 4.78 is 30.4. The zero-order valence-corrected chi connectivity index (χ0v) is 17.3. The first-order valence-corrected chi connectivity index (χ1v) is 10.1. The van der Waals surface area contributed by atoms with E-state index in [2.05, 4.69) is 5.32 Å². The minimum Gasteiger partial charge on any atom is -0.449 e. The lowest BCUT2D eigenvalue weighted by Crippen LogP contribution is -2.30. The fraction of sp³-hybridized carbons (Fsp3) is 0.300. The summed E-state index contributed by atoms with van der Waals surface area (Å²) in [6.07, 6.45) is -1.02. The highest BCUT2D eigenvalue weighted by Gasteiger charge is 2.21. The van der Waals surface area contributed by atoms with Gasteiger partial charge in [0.25, 0.3) is 5.91 Å². The summed E-state index contributed by atoms with van der Waals surface area (Å²) in [5, 5.41) is 2.75. The highest BCUT2D eigenvalue weighted by atomic mass is 32.2. The van der Waals surface area contributed by atoms with Crippen molar-refractivity contribution in [3.05, 3.63) is 59.2 Å². The summed E-state index contributed by atoms with van der Waals surface area (Å²) in [4.78, 5) is 24.7. The minimum absolute atomic E-state index is 0.0646. The standard InChI is InChI=1S/C20H24N2O5S/c1-13-6-7-14(2)18(12-13)21-19(23)15(3)27-20(24)16-8-10-17(11-9-16)28(25,26)22(4)5/h6-12,15H,1-5H3,(H,21,23). The Morgan fingerprint density at radius 3 is 2.21 bits per heavy atom. The lowest BCUT2D eigenvalue weighted by molar-refractivity contribution is -0.123. The number of sulfonamides is 1. The van der Waals surface area contributed by atoms with Crippen LogP contribution in [0.3, 0.4) is 0 Å². The first-order valence-electron chi connectivity index (χ1n) is 8.64. The van der Waals surface area contributed by atoms with Crippen molar-refractivity contribution in [3.8, 4) is 0 Å². The van der Waals surface area contributed by atoms with Crippen molar-refractivity contribution >= 4 is 27.6 Å². The first-order chi connectivity index (χ1) is 13.0. The number of carbonyl (C=O) groups excluding carboxylic acids is 2.